The van der Waals surface area contributed by atoms with Gasteiger partial charge >= 0.3 is 0 Å². The molecular weight excluding hydrogens is 298 g/mol. The van der Waals surface area contributed by atoms with Gasteiger partial charge in [-0.05, 0) is 23.7 Å². The minimum Gasteiger partial charge on any atom is -0.331 e. The largest absolute Gasteiger partial charge is 0.331 e. The van der Waals surface area contributed by atoms with Crippen molar-refractivity contribution in [3.05, 3.63) is 26.6 Å². The Morgan fingerprint density at radius 2 is 2.11 bits per heavy atom. The van der Waals surface area contributed by atoms with Crippen molar-refractivity contribution in [2.75, 3.05) is 31.1 Å². The fourth-order valence-electron chi connectivity index (χ4n) is 2.24. The molecule has 0 radical (unpaired) electrons. The Hall–Kier alpha value is -0.630. The van der Waals surface area contributed by atoms with Crippen LogP contribution in [-0.2, 0) is 6.54 Å². The van der Waals surface area contributed by atoms with E-state index in [9.17, 15) is 4.79 Å². The van der Waals surface area contributed by atoms with Crippen LogP contribution in [0.3, 0.4) is 0 Å². The van der Waals surface area contributed by atoms with Gasteiger partial charge in [-0.3, -0.25) is 14.3 Å². The Bertz CT molecular complexity index is 681. The molecule has 0 amide bonds. The van der Waals surface area contributed by atoms with E-state index in [0.29, 0.717) is 11.3 Å². The van der Waals surface area contributed by atoms with Gasteiger partial charge in [-0.1, -0.05) is 0 Å². The van der Waals surface area contributed by atoms with E-state index in [1.807, 2.05) is 23.2 Å². The maximum atomic E-state index is 12.3. The molecule has 3 rings (SSSR count). The molecule has 19 heavy (non-hydrogen) atoms. The van der Waals surface area contributed by atoms with Crippen molar-refractivity contribution in [2.24, 2.45) is 0 Å². The molecule has 0 unspecified atom stereocenters. The average Bonchev–Trinajstić information content (AvgIpc) is 2.88. The summed E-state index contributed by atoms with van der Waals surface area (Å²) in [6.45, 7) is 3.79. The normalized spacial score (nSPS) is 17.1. The van der Waals surface area contributed by atoms with Crippen molar-refractivity contribution in [3.8, 4) is 0 Å². The molecule has 0 aromatic carbocycles. The fourth-order valence-corrected chi connectivity index (χ4v) is 4.30. The van der Waals surface area contributed by atoms with E-state index < -0.39 is 0 Å². The van der Waals surface area contributed by atoms with Crippen molar-refractivity contribution in [2.45, 2.75) is 6.54 Å². The van der Waals surface area contributed by atoms with Crippen molar-refractivity contribution in [3.63, 3.8) is 0 Å². The first-order valence-corrected chi connectivity index (χ1v) is 8.70. The molecule has 1 fully saturated rings. The van der Waals surface area contributed by atoms with Crippen LogP contribution in [0.4, 0.5) is 0 Å². The molecule has 7 heteroatoms. The van der Waals surface area contributed by atoms with Crippen molar-refractivity contribution >= 4 is 45.5 Å². The number of fused-ring (bicyclic) bond motifs is 1. The number of thioether (sulfide) groups is 1. The zero-order chi connectivity index (χ0) is 13.2. The van der Waals surface area contributed by atoms with Gasteiger partial charge in [0.25, 0.3) is 5.56 Å². The highest BCUT2D eigenvalue weighted by Crippen LogP contribution is 2.14. The second-order valence-corrected chi connectivity index (χ2v) is 7.03. The summed E-state index contributed by atoms with van der Waals surface area (Å²) in [6.07, 6.45) is 0. The highest BCUT2D eigenvalue weighted by Gasteiger charge is 2.12. The molecule has 0 spiro atoms. The maximum absolute atomic E-state index is 12.3. The van der Waals surface area contributed by atoms with Crippen LogP contribution in [0, 0.1) is 4.77 Å². The van der Waals surface area contributed by atoms with E-state index in [-0.39, 0.29) is 5.56 Å². The summed E-state index contributed by atoms with van der Waals surface area (Å²) in [5.74, 6) is 2.37. The summed E-state index contributed by atoms with van der Waals surface area (Å²) in [4.78, 5) is 17.9. The first kappa shape index (κ1) is 13.4. The predicted octanol–water partition coefficient (Wildman–Crippen LogP) is 2.17. The monoisotopic (exact) mass is 313 g/mol. The molecule has 2 aromatic rings. The molecule has 0 atom stereocenters. The summed E-state index contributed by atoms with van der Waals surface area (Å²) in [5, 5.41) is 1.92. The number of aromatic nitrogens is 2. The van der Waals surface area contributed by atoms with Crippen LogP contribution < -0.4 is 5.56 Å². The molecular formula is C12H15N3OS3. The molecule has 3 heterocycles. The SMILES string of the molecule is O=c1c2sccc2[nH]c(=S)n1CCN1CCSCC1. The Morgan fingerprint density at radius 1 is 1.32 bits per heavy atom. The lowest BCUT2D eigenvalue weighted by Crippen LogP contribution is -2.36. The Labute approximate surface area is 124 Å². The lowest BCUT2D eigenvalue weighted by Gasteiger charge is -2.26. The topological polar surface area (TPSA) is 41.0 Å². The smallest absolute Gasteiger partial charge is 0.272 e. The molecule has 0 saturated carbocycles. The van der Waals surface area contributed by atoms with Gasteiger partial charge in [0, 0.05) is 37.7 Å². The van der Waals surface area contributed by atoms with Crippen molar-refractivity contribution < 1.29 is 0 Å². The van der Waals surface area contributed by atoms with Crippen LogP contribution in [0.25, 0.3) is 10.2 Å². The van der Waals surface area contributed by atoms with Crippen LogP contribution in [0.2, 0.25) is 0 Å². The minimum absolute atomic E-state index is 0.0418. The molecule has 0 aliphatic carbocycles. The minimum atomic E-state index is 0.0418. The first-order valence-electron chi connectivity index (χ1n) is 6.26. The molecule has 0 bridgehead atoms. The summed E-state index contributed by atoms with van der Waals surface area (Å²) < 4.78 is 2.99. The predicted molar refractivity (Wildman–Crippen MR) is 85.0 cm³/mol. The third-order valence-electron chi connectivity index (χ3n) is 3.33. The second kappa shape index (κ2) is 5.78. The van der Waals surface area contributed by atoms with Crippen molar-refractivity contribution in [1.29, 1.82) is 0 Å². The van der Waals surface area contributed by atoms with E-state index in [1.54, 1.807) is 4.57 Å². The van der Waals surface area contributed by atoms with Gasteiger partial charge < -0.3 is 4.98 Å². The molecule has 2 aromatic heterocycles. The van der Waals surface area contributed by atoms with Gasteiger partial charge in [0.2, 0.25) is 0 Å². The molecule has 1 aliphatic heterocycles. The second-order valence-electron chi connectivity index (χ2n) is 4.50. The number of H-pyrrole nitrogens is 1. The van der Waals surface area contributed by atoms with E-state index in [1.165, 1.54) is 22.8 Å². The Kier molecular flexibility index (Phi) is 4.07. The van der Waals surface area contributed by atoms with Crippen LogP contribution in [-0.4, -0.2) is 45.6 Å². The van der Waals surface area contributed by atoms with Gasteiger partial charge in [0.1, 0.15) is 4.70 Å². The zero-order valence-electron chi connectivity index (χ0n) is 10.4. The van der Waals surface area contributed by atoms with Crippen LogP contribution in [0.15, 0.2) is 16.2 Å². The lowest BCUT2D eigenvalue weighted by molar-refractivity contribution is 0.287. The van der Waals surface area contributed by atoms with Gasteiger partial charge in [-0.15, -0.1) is 11.3 Å². The Morgan fingerprint density at radius 3 is 2.89 bits per heavy atom. The van der Waals surface area contributed by atoms with Gasteiger partial charge in [-0.2, -0.15) is 11.8 Å². The van der Waals surface area contributed by atoms with Gasteiger partial charge in [0.15, 0.2) is 4.77 Å². The number of nitrogens with one attached hydrogen (secondary N) is 1. The van der Waals surface area contributed by atoms with Gasteiger partial charge in [-0.25, -0.2) is 0 Å². The van der Waals surface area contributed by atoms with E-state index >= 15 is 0 Å². The fraction of sp³-hybridized carbons (Fsp3) is 0.500. The number of thiophene rings is 1. The number of hydrogen-bond donors (Lipinski definition) is 1. The Balaban J connectivity index is 1.83. The molecule has 1 N–H and O–H groups in total. The highest BCUT2D eigenvalue weighted by molar-refractivity contribution is 7.99. The zero-order valence-corrected chi connectivity index (χ0v) is 12.9. The van der Waals surface area contributed by atoms with E-state index in [4.69, 9.17) is 12.2 Å². The van der Waals surface area contributed by atoms with E-state index in [2.05, 4.69) is 9.88 Å². The number of rotatable bonds is 3. The summed E-state index contributed by atoms with van der Waals surface area (Å²) in [7, 11) is 0. The van der Waals surface area contributed by atoms with Crippen LogP contribution in [0.5, 0.6) is 0 Å². The summed E-state index contributed by atoms with van der Waals surface area (Å²) in [5.41, 5.74) is 0.894. The molecule has 4 nitrogen and oxygen atoms in total. The molecule has 102 valence electrons. The third kappa shape index (κ3) is 2.79. The summed E-state index contributed by atoms with van der Waals surface area (Å²) in [6, 6.07) is 1.91. The number of hydrogen-bond acceptors (Lipinski definition) is 5. The number of nitrogens with zero attached hydrogens (tertiary/aromatic N) is 2. The van der Waals surface area contributed by atoms with Gasteiger partial charge in [0.05, 0.1) is 5.52 Å². The van der Waals surface area contributed by atoms with Crippen molar-refractivity contribution in [1.82, 2.24) is 14.5 Å². The third-order valence-corrected chi connectivity index (χ3v) is 5.50. The van der Waals surface area contributed by atoms with Crippen LogP contribution >= 0.6 is 35.3 Å². The number of aromatic amines is 1. The van der Waals surface area contributed by atoms with E-state index in [0.717, 1.165) is 29.9 Å². The first-order chi connectivity index (χ1) is 9.25. The standard InChI is InChI=1S/C12H15N3OS3/c16-11-10-9(1-6-19-10)13-12(17)15(11)3-2-14-4-7-18-8-5-14/h1,6H,2-5,7-8H2,(H,13,17). The maximum Gasteiger partial charge on any atom is 0.272 e. The lowest BCUT2D eigenvalue weighted by atomic mass is 10.4. The molecule has 1 aliphatic rings. The molecule has 1 saturated heterocycles. The average molecular weight is 313 g/mol. The van der Waals surface area contributed by atoms with Crippen LogP contribution in [0.1, 0.15) is 0 Å². The highest BCUT2D eigenvalue weighted by atomic mass is 32.2. The summed E-state index contributed by atoms with van der Waals surface area (Å²) >= 11 is 8.75. The quantitative estimate of drug-likeness (QED) is 0.882.